The molecule has 1 atom stereocenters. The molecule has 4 aromatic rings. The van der Waals surface area contributed by atoms with Crippen molar-refractivity contribution in [2.75, 3.05) is 4.90 Å². The van der Waals surface area contributed by atoms with E-state index >= 15 is 0 Å². The molecule has 1 aliphatic heterocycles. The quantitative estimate of drug-likeness (QED) is 0.282. The molecule has 0 saturated carbocycles. The number of benzene rings is 1. The molecule has 32 heavy (non-hydrogen) atoms. The molecule has 4 heterocycles. The molecule has 0 radical (unpaired) electrons. The van der Waals surface area contributed by atoms with Gasteiger partial charge in [0.15, 0.2) is 10.9 Å². The Morgan fingerprint density at radius 2 is 1.88 bits per heavy atom. The van der Waals surface area contributed by atoms with Crippen molar-refractivity contribution in [3.8, 4) is 5.75 Å². The first kappa shape index (κ1) is 20.0. The zero-order chi connectivity index (χ0) is 22.6. The average Bonchev–Trinajstić information content (AvgIpc) is 3.48. The Hall–Kier alpha value is -3.98. The van der Waals surface area contributed by atoms with Crippen LogP contribution < -0.4 is 4.90 Å². The van der Waals surface area contributed by atoms with E-state index < -0.39 is 17.7 Å². The second-order valence-corrected chi connectivity index (χ2v) is 8.38. The highest BCUT2D eigenvalue weighted by molar-refractivity contribution is 7.14. The number of phenols is 1. The van der Waals surface area contributed by atoms with Gasteiger partial charge < -0.3 is 14.6 Å². The molecule has 0 aliphatic carbocycles. The third-order valence-electron chi connectivity index (χ3n) is 5.59. The molecular formula is C23H18N4O4S. The number of ketones is 1. The maximum absolute atomic E-state index is 13.2. The van der Waals surface area contributed by atoms with E-state index in [0.29, 0.717) is 22.0 Å². The van der Waals surface area contributed by atoms with Gasteiger partial charge in [-0.1, -0.05) is 18.2 Å². The lowest BCUT2D eigenvalue weighted by atomic mass is 9.96. The summed E-state index contributed by atoms with van der Waals surface area (Å²) in [6.07, 6.45) is 3.37. The van der Waals surface area contributed by atoms with Gasteiger partial charge in [0, 0.05) is 17.8 Å². The van der Waals surface area contributed by atoms with E-state index in [-0.39, 0.29) is 22.8 Å². The van der Waals surface area contributed by atoms with E-state index in [9.17, 15) is 19.8 Å². The number of rotatable bonds is 3. The van der Waals surface area contributed by atoms with Gasteiger partial charge in [0.25, 0.3) is 5.78 Å². The number of Topliss-reactive ketones (excluding diaryl/α,β-unsaturated/α-hetero) is 1. The average molecular weight is 446 g/mol. The van der Waals surface area contributed by atoms with Crippen LogP contribution in [0.2, 0.25) is 0 Å². The van der Waals surface area contributed by atoms with Crippen molar-refractivity contribution >= 4 is 39.6 Å². The van der Waals surface area contributed by atoms with E-state index in [4.69, 9.17) is 0 Å². The Labute approximate surface area is 186 Å². The first-order valence-electron chi connectivity index (χ1n) is 9.82. The number of carbonyl (C=O) groups is 2. The molecular weight excluding hydrogens is 428 g/mol. The summed E-state index contributed by atoms with van der Waals surface area (Å²) in [4.78, 5) is 36.2. The van der Waals surface area contributed by atoms with E-state index in [1.54, 1.807) is 30.6 Å². The summed E-state index contributed by atoms with van der Waals surface area (Å²) in [7, 11) is 0. The molecule has 5 rings (SSSR count). The van der Waals surface area contributed by atoms with E-state index in [1.165, 1.54) is 28.4 Å². The number of hydrogen-bond acceptors (Lipinski definition) is 7. The topological polar surface area (TPSA) is 108 Å². The van der Waals surface area contributed by atoms with Crippen LogP contribution in [0.3, 0.4) is 0 Å². The highest BCUT2D eigenvalue weighted by atomic mass is 32.1. The number of phenolic OH excluding ortho intramolecular Hbond substituents is 1. The van der Waals surface area contributed by atoms with Crippen molar-refractivity contribution in [2.24, 2.45) is 0 Å². The first-order valence-corrected chi connectivity index (χ1v) is 10.7. The maximum atomic E-state index is 13.2. The fourth-order valence-electron chi connectivity index (χ4n) is 4.01. The number of anilines is 1. The lowest BCUT2D eigenvalue weighted by Gasteiger charge is -2.22. The minimum absolute atomic E-state index is 0.0478. The van der Waals surface area contributed by atoms with Gasteiger partial charge in [-0.05, 0) is 43.2 Å². The van der Waals surface area contributed by atoms with Gasteiger partial charge >= 0.3 is 5.91 Å². The van der Waals surface area contributed by atoms with E-state index in [2.05, 4.69) is 9.97 Å². The molecule has 1 fully saturated rings. The number of thiazole rings is 1. The van der Waals surface area contributed by atoms with Gasteiger partial charge in [0.2, 0.25) is 0 Å². The summed E-state index contributed by atoms with van der Waals surface area (Å²) in [5.41, 5.74) is 2.93. The summed E-state index contributed by atoms with van der Waals surface area (Å²) < 4.78 is 1.83. The van der Waals surface area contributed by atoms with Gasteiger partial charge in [-0.15, -0.1) is 11.3 Å². The highest BCUT2D eigenvalue weighted by Crippen LogP contribution is 2.43. The van der Waals surface area contributed by atoms with Gasteiger partial charge in [0.05, 0.1) is 17.3 Å². The zero-order valence-corrected chi connectivity index (χ0v) is 18.0. The van der Waals surface area contributed by atoms with Crippen molar-refractivity contribution in [3.63, 3.8) is 0 Å². The molecule has 1 unspecified atom stereocenters. The normalized spacial score (nSPS) is 18.1. The number of aliphatic hydroxyl groups is 1. The molecule has 1 saturated heterocycles. The fraction of sp³-hybridized carbons (Fsp3) is 0.130. The predicted octanol–water partition coefficient (Wildman–Crippen LogP) is 3.74. The molecule has 160 valence electrons. The van der Waals surface area contributed by atoms with Gasteiger partial charge in [-0.25, -0.2) is 9.97 Å². The summed E-state index contributed by atoms with van der Waals surface area (Å²) in [5.74, 6) is -1.89. The molecule has 0 bridgehead atoms. The third kappa shape index (κ3) is 2.89. The van der Waals surface area contributed by atoms with Crippen molar-refractivity contribution in [3.05, 3.63) is 82.3 Å². The zero-order valence-electron chi connectivity index (χ0n) is 17.2. The Balaban J connectivity index is 1.77. The Kier molecular flexibility index (Phi) is 4.56. The minimum atomic E-state index is -0.910. The molecule has 1 amide bonds. The molecule has 2 N–H and O–H groups in total. The van der Waals surface area contributed by atoms with Crippen LogP contribution in [-0.2, 0) is 9.59 Å². The number of carbonyl (C=O) groups excluding carboxylic acids is 2. The second-order valence-electron chi connectivity index (χ2n) is 7.51. The standard InChI is InChI=1S/C23H18N4O4S/c1-12-4-3-10-26-13(2)17(25-21(12)26)19(29)16-18(14-5-7-15(28)8-6-14)27(22(31)20(16)30)23-24-9-11-32-23/h3-11,18,28-29H,1-2H3/b19-16+. The molecule has 1 aromatic carbocycles. The minimum Gasteiger partial charge on any atom is -0.508 e. The Bertz CT molecular complexity index is 1400. The molecule has 8 nitrogen and oxygen atoms in total. The number of nitrogens with zero attached hydrogens (tertiary/aromatic N) is 4. The van der Waals surface area contributed by atoms with Crippen molar-refractivity contribution in [1.29, 1.82) is 0 Å². The van der Waals surface area contributed by atoms with Crippen LogP contribution >= 0.6 is 11.3 Å². The summed E-state index contributed by atoms with van der Waals surface area (Å²) in [6, 6.07) is 9.03. The number of aliphatic hydroxyl groups excluding tert-OH is 1. The van der Waals surface area contributed by atoms with Crippen LogP contribution in [0.1, 0.15) is 28.6 Å². The summed E-state index contributed by atoms with van der Waals surface area (Å²) in [5, 5.41) is 23.1. The van der Waals surface area contributed by atoms with Crippen LogP contribution in [-0.4, -0.2) is 36.3 Å². The van der Waals surface area contributed by atoms with Crippen molar-refractivity contribution in [2.45, 2.75) is 19.9 Å². The Morgan fingerprint density at radius 1 is 1.12 bits per heavy atom. The number of aromatic nitrogens is 3. The van der Waals surface area contributed by atoms with E-state index in [0.717, 1.165) is 5.56 Å². The SMILES string of the molecule is Cc1cccn2c(C)c(/C(O)=C3\C(=O)C(=O)N(c4nccs4)C3c3ccc(O)cc3)nc12. The lowest BCUT2D eigenvalue weighted by Crippen LogP contribution is -2.29. The number of aromatic hydroxyl groups is 1. The number of fused-ring (bicyclic) bond motifs is 1. The van der Waals surface area contributed by atoms with Gasteiger partial charge in [-0.3, -0.25) is 14.5 Å². The summed E-state index contributed by atoms with van der Waals surface area (Å²) >= 11 is 1.21. The van der Waals surface area contributed by atoms with Crippen LogP contribution in [0.5, 0.6) is 5.75 Å². The monoisotopic (exact) mass is 446 g/mol. The number of hydrogen-bond donors (Lipinski definition) is 2. The fourth-order valence-corrected chi connectivity index (χ4v) is 4.68. The lowest BCUT2D eigenvalue weighted by molar-refractivity contribution is -0.132. The number of amides is 1. The smallest absolute Gasteiger partial charge is 0.301 e. The van der Waals surface area contributed by atoms with Crippen LogP contribution in [0.4, 0.5) is 5.13 Å². The Morgan fingerprint density at radius 3 is 2.53 bits per heavy atom. The molecule has 3 aromatic heterocycles. The number of pyridine rings is 1. The molecule has 0 spiro atoms. The van der Waals surface area contributed by atoms with E-state index in [1.807, 2.05) is 29.7 Å². The highest BCUT2D eigenvalue weighted by Gasteiger charge is 2.48. The predicted molar refractivity (Wildman–Crippen MR) is 120 cm³/mol. The second kappa shape index (κ2) is 7.31. The van der Waals surface area contributed by atoms with Gasteiger partial charge in [-0.2, -0.15) is 0 Å². The van der Waals surface area contributed by atoms with Crippen LogP contribution in [0.15, 0.2) is 59.7 Å². The van der Waals surface area contributed by atoms with Crippen LogP contribution in [0, 0.1) is 13.8 Å². The summed E-state index contributed by atoms with van der Waals surface area (Å²) in [6.45, 7) is 3.70. The van der Waals surface area contributed by atoms with Gasteiger partial charge in [0.1, 0.15) is 17.1 Å². The number of aryl methyl sites for hydroxylation is 2. The van der Waals surface area contributed by atoms with Crippen LogP contribution in [0.25, 0.3) is 11.4 Å². The molecule has 9 heteroatoms. The van der Waals surface area contributed by atoms with Crippen molar-refractivity contribution in [1.82, 2.24) is 14.4 Å². The first-order chi connectivity index (χ1) is 15.4. The van der Waals surface area contributed by atoms with Crippen molar-refractivity contribution < 1.29 is 19.8 Å². The largest absolute Gasteiger partial charge is 0.508 e. The maximum Gasteiger partial charge on any atom is 0.301 e. The third-order valence-corrected chi connectivity index (χ3v) is 6.36. The number of imidazole rings is 1. The molecule has 1 aliphatic rings.